The third-order valence-corrected chi connectivity index (χ3v) is 5.88. The number of carbonyl (C=O) groups excluding carboxylic acids is 1. The number of thiazole rings is 1. The van der Waals surface area contributed by atoms with Crippen molar-refractivity contribution in [2.45, 2.75) is 0 Å². The Kier molecular flexibility index (Phi) is 4.22. The number of para-hydroxylation sites is 1. The number of hydrogen-bond donors (Lipinski definition) is 2. The van der Waals surface area contributed by atoms with Crippen molar-refractivity contribution in [3.8, 4) is 16.3 Å². The minimum Gasteiger partial charge on any atom is -0.507 e. The van der Waals surface area contributed by atoms with Crippen LogP contribution in [0.25, 0.3) is 31.6 Å². The van der Waals surface area contributed by atoms with E-state index in [2.05, 4.69) is 10.3 Å². The van der Waals surface area contributed by atoms with E-state index in [4.69, 9.17) is 0 Å². The zero-order valence-corrected chi connectivity index (χ0v) is 16.1. The number of carbonyl (C=O) groups is 1. The molecular weight excluding hydrogens is 380 g/mol. The molecule has 0 spiro atoms. The molecule has 2 N–H and O–H groups in total. The van der Waals surface area contributed by atoms with Crippen molar-refractivity contribution in [2.75, 3.05) is 5.32 Å². The maximum atomic E-state index is 12.8. The van der Waals surface area contributed by atoms with Gasteiger partial charge in [-0.05, 0) is 41.1 Å². The first-order valence-electron chi connectivity index (χ1n) is 9.17. The molecule has 0 radical (unpaired) electrons. The summed E-state index contributed by atoms with van der Waals surface area (Å²) in [4.78, 5) is 17.4. The third kappa shape index (κ3) is 3.22. The summed E-state index contributed by atoms with van der Waals surface area (Å²) in [5.74, 6) is -0.131. The molecule has 5 aromatic rings. The van der Waals surface area contributed by atoms with Crippen LogP contribution in [0, 0.1) is 0 Å². The number of nitrogens with one attached hydrogen (secondary N) is 1. The Bertz CT molecular complexity index is 1340. The lowest BCUT2D eigenvalue weighted by Gasteiger charge is -2.09. The fourth-order valence-corrected chi connectivity index (χ4v) is 4.40. The number of amides is 1. The van der Waals surface area contributed by atoms with Gasteiger partial charge in [0.2, 0.25) is 0 Å². The lowest BCUT2D eigenvalue weighted by atomic mass is 10.0. The Morgan fingerprint density at radius 2 is 1.69 bits per heavy atom. The molecule has 4 nitrogen and oxygen atoms in total. The van der Waals surface area contributed by atoms with E-state index in [-0.39, 0.29) is 11.7 Å². The number of aromatic nitrogens is 1. The molecule has 1 aromatic heterocycles. The summed E-state index contributed by atoms with van der Waals surface area (Å²) in [5.41, 5.74) is 2.68. The lowest BCUT2D eigenvalue weighted by molar-refractivity contribution is 0.102. The summed E-state index contributed by atoms with van der Waals surface area (Å²) >= 11 is 1.52. The minimum absolute atomic E-state index is 0.0831. The second-order valence-electron chi connectivity index (χ2n) is 6.70. The molecule has 0 aliphatic heterocycles. The average Bonchev–Trinajstić information content (AvgIpc) is 3.17. The number of nitrogens with zero attached hydrogens (tertiary/aromatic N) is 1. The van der Waals surface area contributed by atoms with Gasteiger partial charge in [-0.2, -0.15) is 0 Å². The second-order valence-corrected chi connectivity index (χ2v) is 7.73. The summed E-state index contributed by atoms with van der Waals surface area (Å²) in [5, 5.41) is 16.1. The first-order chi connectivity index (χ1) is 14.2. The van der Waals surface area contributed by atoms with E-state index < -0.39 is 0 Å². The Balaban J connectivity index is 1.45. The monoisotopic (exact) mass is 396 g/mol. The Labute approximate surface area is 171 Å². The van der Waals surface area contributed by atoms with Crippen LogP contribution in [0.5, 0.6) is 5.75 Å². The number of phenols is 1. The topological polar surface area (TPSA) is 62.2 Å². The molecule has 4 aromatic carbocycles. The van der Waals surface area contributed by atoms with Crippen LogP contribution in [0.4, 0.5) is 5.69 Å². The van der Waals surface area contributed by atoms with Gasteiger partial charge in [0.05, 0.1) is 15.8 Å². The van der Waals surface area contributed by atoms with Crippen LogP contribution >= 0.6 is 11.3 Å². The fourth-order valence-electron chi connectivity index (χ4n) is 3.40. The highest BCUT2D eigenvalue weighted by molar-refractivity contribution is 7.21. The van der Waals surface area contributed by atoms with E-state index in [9.17, 15) is 9.90 Å². The molecule has 5 rings (SSSR count). The number of benzene rings is 4. The van der Waals surface area contributed by atoms with E-state index in [0.717, 1.165) is 26.0 Å². The number of anilines is 1. The maximum Gasteiger partial charge on any atom is 0.256 e. The highest BCUT2D eigenvalue weighted by Gasteiger charge is 2.14. The number of phenolic OH excluding ortho intramolecular Hbond substituents is 1. The average molecular weight is 396 g/mol. The molecule has 1 heterocycles. The van der Waals surface area contributed by atoms with Gasteiger partial charge in [-0.1, -0.05) is 48.5 Å². The van der Waals surface area contributed by atoms with Crippen molar-refractivity contribution in [3.05, 3.63) is 90.5 Å². The first kappa shape index (κ1) is 17.4. The summed E-state index contributed by atoms with van der Waals surface area (Å²) in [6.45, 7) is 0. The Morgan fingerprint density at radius 1 is 0.897 bits per heavy atom. The van der Waals surface area contributed by atoms with Gasteiger partial charge in [-0.3, -0.25) is 4.79 Å². The van der Waals surface area contributed by atoms with Gasteiger partial charge in [0.15, 0.2) is 0 Å². The van der Waals surface area contributed by atoms with Crippen LogP contribution in [-0.4, -0.2) is 16.0 Å². The summed E-state index contributed by atoms with van der Waals surface area (Å²) < 4.78 is 1.07. The standard InChI is InChI=1S/C24H16N2O2S/c27-21-14-16(12-13-19(21)24-26-20-10-3-4-11-22(20)29-24)25-23(28)18-9-5-7-15-6-1-2-8-17(15)18/h1-14,27H,(H,25,28). The van der Waals surface area contributed by atoms with Crippen molar-refractivity contribution in [1.29, 1.82) is 0 Å². The molecule has 1 amide bonds. The van der Waals surface area contributed by atoms with Crippen LogP contribution in [0.15, 0.2) is 84.9 Å². The van der Waals surface area contributed by atoms with E-state index in [1.807, 2.05) is 60.7 Å². The highest BCUT2D eigenvalue weighted by Crippen LogP contribution is 2.36. The highest BCUT2D eigenvalue weighted by atomic mass is 32.1. The molecule has 0 aliphatic carbocycles. The first-order valence-corrected chi connectivity index (χ1v) is 9.99. The van der Waals surface area contributed by atoms with Crippen LogP contribution < -0.4 is 5.32 Å². The SMILES string of the molecule is O=C(Nc1ccc(-c2nc3ccccc3s2)c(O)c1)c1cccc2ccccc12. The number of aromatic hydroxyl groups is 1. The normalized spacial score (nSPS) is 11.0. The molecular formula is C24H16N2O2S. The van der Waals surface area contributed by atoms with E-state index in [0.29, 0.717) is 16.8 Å². The molecule has 0 saturated carbocycles. The molecule has 29 heavy (non-hydrogen) atoms. The van der Waals surface area contributed by atoms with Gasteiger partial charge >= 0.3 is 0 Å². The van der Waals surface area contributed by atoms with Gasteiger partial charge in [0, 0.05) is 17.3 Å². The molecule has 0 unspecified atom stereocenters. The molecule has 0 atom stereocenters. The van der Waals surface area contributed by atoms with Crippen LogP contribution in [0.1, 0.15) is 10.4 Å². The van der Waals surface area contributed by atoms with Gasteiger partial charge < -0.3 is 10.4 Å². The van der Waals surface area contributed by atoms with Crippen molar-refractivity contribution in [1.82, 2.24) is 4.98 Å². The van der Waals surface area contributed by atoms with Gasteiger partial charge in [-0.25, -0.2) is 4.98 Å². The van der Waals surface area contributed by atoms with Crippen molar-refractivity contribution >= 4 is 43.9 Å². The zero-order chi connectivity index (χ0) is 19.8. The number of fused-ring (bicyclic) bond motifs is 2. The van der Waals surface area contributed by atoms with Crippen molar-refractivity contribution in [3.63, 3.8) is 0 Å². The van der Waals surface area contributed by atoms with Crippen molar-refractivity contribution in [2.24, 2.45) is 0 Å². The molecule has 5 heteroatoms. The van der Waals surface area contributed by atoms with Gasteiger partial charge in [0.25, 0.3) is 5.91 Å². The van der Waals surface area contributed by atoms with Gasteiger partial charge in [-0.15, -0.1) is 11.3 Å². The largest absolute Gasteiger partial charge is 0.507 e. The minimum atomic E-state index is -0.214. The smallest absolute Gasteiger partial charge is 0.256 e. The summed E-state index contributed by atoms with van der Waals surface area (Å²) in [6.07, 6.45) is 0. The van der Waals surface area contributed by atoms with E-state index >= 15 is 0 Å². The van der Waals surface area contributed by atoms with E-state index in [1.165, 1.54) is 11.3 Å². The van der Waals surface area contributed by atoms with Crippen LogP contribution in [-0.2, 0) is 0 Å². The second kappa shape index (κ2) is 7.04. The molecule has 0 bridgehead atoms. The van der Waals surface area contributed by atoms with Crippen LogP contribution in [0.2, 0.25) is 0 Å². The molecule has 0 aliphatic rings. The van der Waals surface area contributed by atoms with Crippen molar-refractivity contribution < 1.29 is 9.90 Å². The third-order valence-electron chi connectivity index (χ3n) is 4.81. The number of hydrogen-bond acceptors (Lipinski definition) is 4. The maximum absolute atomic E-state index is 12.8. The Morgan fingerprint density at radius 3 is 2.55 bits per heavy atom. The summed E-state index contributed by atoms with van der Waals surface area (Å²) in [6, 6.07) is 26.4. The number of rotatable bonds is 3. The Hall–Kier alpha value is -3.70. The van der Waals surface area contributed by atoms with Crippen LogP contribution in [0.3, 0.4) is 0 Å². The predicted octanol–water partition coefficient (Wildman–Crippen LogP) is 6.07. The zero-order valence-electron chi connectivity index (χ0n) is 15.3. The van der Waals surface area contributed by atoms with Gasteiger partial charge in [0.1, 0.15) is 10.8 Å². The lowest BCUT2D eigenvalue weighted by Crippen LogP contribution is -2.12. The molecule has 0 saturated heterocycles. The molecule has 140 valence electrons. The summed E-state index contributed by atoms with van der Waals surface area (Å²) in [7, 11) is 0. The molecule has 0 fully saturated rings. The van der Waals surface area contributed by atoms with E-state index in [1.54, 1.807) is 24.3 Å². The predicted molar refractivity (Wildman–Crippen MR) is 119 cm³/mol. The fraction of sp³-hybridized carbons (Fsp3) is 0. The quantitative estimate of drug-likeness (QED) is 0.389.